The molecule has 1 heterocycles. The molecule has 18 heavy (non-hydrogen) atoms. The molecule has 0 radical (unpaired) electrons. The van der Waals surface area contributed by atoms with Gasteiger partial charge in [0, 0.05) is 11.6 Å². The second-order valence-electron chi connectivity index (χ2n) is 4.59. The number of aliphatic hydroxyl groups is 1. The first-order valence-corrected chi connectivity index (χ1v) is 6.82. The fraction of sp³-hybridized carbons (Fsp3) is 0.400. The van der Waals surface area contributed by atoms with Crippen molar-refractivity contribution in [3.63, 3.8) is 0 Å². The first-order valence-electron chi connectivity index (χ1n) is 6.44. The number of aliphatic hydroxyl groups excluding tert-OH is 1. The molecule has 0 saturated heterocycles. The molecule has 0 aliphatic heterocycles. The molecule has 0 fully saturated rings. The Balaban J connectivity index is 2.21. The van der Waals surface area contributed by atoms with Crippen LogP contribution in [0.25, 0.3) is 10.8 Å². The quantitative estimate of drug-likeness (QED) is 0.636. The summed E-state index contributed by atoms with van der Waals surface area (Å²) in [4.78, 5) is 4.07. The number of nitrogens with zero attached hydrogens (tertiary/aromatic N) is 1. The molecule has 0 amide bonds. The zero-order valence-corrected chi connectivity index (χ0v) is 11.3. The largest absolute Gasteiger partial charge is 0.388 e. The highest BCUT2D eigenvalue weighted by Crippen LogP contribution is 2.27. The molecule has 2 nitrogen and oxygen atoms in total. The van der Waals surface area contributed by atoms with Gasteiger partial charge >= 0.3 is 0 Å². The fourth-order valence-corrected chi connectivity index (χ4v) is 2.33. The van der Waals surface area contributed by atoms with Gasteiger partial charge in [0.05, 0.1) is 6.10 Å². The molecule has 0 spiro atoms. The molecule has 1 aromatic heterocycles. The van der Waals surface area contributed by atoms with Crippen molar-refractivity contribution < 1.29 is 5.11 Å². The summed E-state index contributed by atoms with van der Waals surface area (Å²) in [7, 11) is 0. The zero-order chi connectivity index (χ0) is 13.0. The van der Waals surface area contributed by atoms with Crippen molar-refractivity contribution in [2.45, 2.75) is 38.7 Å². The minimum Gasteiger partial charge on any atom is -0.388 e. The van der Waals surface area contributed by atoms with Crippen molar-refractivity contribution in [1.82, 2.24) is 4.98 Å². The highest BCUT2D eigenvalue weighted by atomic mass is 35.5. The minimum absolute atomic E-state index is 0.405. The minimum atomic E-state index is -0.405. The molecule has 3 heteroatoms. The zero-order valence-electron chi connectivity index (χ0n) is 10.6. The number of benzene rings is 1. The third kappa shape index (κ3) is 3.01. The summed E-state index contributed by atoms with van der Waals surface area (Å²) in [5.41, 5.74) is 0.925. The van der Waals surface area contributed by atoms with Gasteiger partial charge in [0.25, 0.3) is 0 Å². The van der Waals surface area contributed by atoms with E-state index in [1.165, 1.54) is 6.42 Å². The second kappa shape index (κ2) is 6.17. The van der Waals surface area contributed by atoms with Crippen molar-refractivity contribution in [2.75, 3.05) is 0 Å². The normalized spacial score (nSPS) is 12.8. The lowest BCUT2D eigenvalue weighted by Crippen LogP contribution is -1.97. The van der Waals surface area contributed by atoms with Crippen LogP contribution in [0.5, 0.6) is 0 Å². The van der Waals surface area contributed by atoms with Gasteiger partial charge in [0.1, 0.15) is 5.15 Å². The van der Waals surface area contributed by atoms with E-state index in [9.17, 15) is 5.11 Å². The Morgan fingerprint density at radius 1 is 1.28 bits per heavy atom. The van der Waals surface area contributed by atoms with Crippen LogP contribution in [0, 0.1) is 0 Å². The maximum absolute atomic E-state index is 10.1. The number of halogens is 1. The molecular weight excluding hydrogens is 246 g/mol. The Morgan fingerprint density at radius 3 is 2.89 bits per heavy atom. The summed E-state index contributed by atoms with van der Waals surface area (Å²) >= 11 is 6.07. The van der Waals surface area contributed by atoms with E-state index >= 15 is 0 Å². The van der Waals surface area contributed by atoms with Crippen LogP contribution >= 0.6 is 11.6 Å². The smallest absolute Gasteiger partial charge is 0.136 e. The predicted octanol–water partition coefficient (Wildman–Crippen LogP) is 4.50. The van der Waals surface area contributed by atoms with Crippen LogP contribution < -0.4 is 0 Å². The van der Waals surface area contributed by atoms with Gasteiger partial charge in [-0.25, -0.2) is 4.98 Å². The van der Waals surface area contributed by atoms with Crippen molar-refractivity contribution in [1.29, 1.82) is 0 Å². The molecule has 2 aromatic rings. The summed E-state index contributed by atoms with van der Waals surface area (Å²) in [6.45, 7) is 2.16. The molecule has 0 bridgehead atoms. The van der Waals surface area contributed by atoms with E-state index in [4.69, 9.17) is 11.6 Å². The average Bonchev–Trinajstić information content (AvgIpc) is 2.39. The van der Waals surface area contributed by atoms with Crippen LogP contribution in [-0.4, -0.2) is 10.1 Å². The van der Waals surface area contributed by atoms with Gasteiger partial charge in [0.2, 0.25) is 0 Å². The number of hydrogen-bond acceptors (Lipinski definition) is 2. The summed E-state index contributed by atoms with van der Waals surface area (Å²) < 4.78 is 0. The number of rotatable bonds is 5. The molecule has 1 N–H and O–H groups in total. The molecule has 1 atom stereocenters. The van der Waals surface area contributed by atoms with Crippen LogP contribution in [0.1, 0.15) is 44.3 Å². The number of aromatic nitrogens is 1. The summed E-state index contributed by atoms with van der Waals surface area (Å²) in [5.74, 6) is 0. The van der Waals surface area contributed by atoms with Gasteiger partial charge in [-0.15, -0.1) is 0 Å². The molecule has 2 rings (SSSR count). The molecule has 0 saturated carbocycles. The van der Waals surface area contributed by atoms with E-state index in [0.717, 1.165) is 35.6 Å². The van der Waals surface area contributed by atoms with Crippen LogP contribution in [0.2, 0.25) is 5.15 Å². The van der Waals surface area contributed by atoms with Crippen molar-refractivity contribution >= 4 is 22.4 Å². The van der Waals surface area contributed by atoms with Crippen LogP contribution in [0.4, 0.5) is 0 Å². The number of hydrogen-bond donors (Lipinski definition) is 1. The maximum atomic E-state index is 10.1. The Bertz CT molecular complexity index is 527. The predicted molar refractivity (Wildman–Crippen MR) is 75.9 cm³/mol. The summed E-state index contributed by atoms with van der Waals surface area (Å²) in [6.07, 6.45) is 5.47. The molecule has 1 aromatic carbocycles. The Kier molecular flexibility index (Phi) is 4.56. The lowest BCUT2D eigenvalue weighted by atomic mass is 10.0. The standard InChI is InChI=1S/C15H18ClNO/c1-2-3-4-5-14(18)12-7-6-11-8-9-17-15(16)13(11)10-12/h6-10,14,18H,2-5H2,1H3. The van der Waals surface area contributed by atoms with Gasteiger partial charge in [-0.05, 0) is 29.5 Å². The topological polar surface area (TPSA) is 33.1 Å². The average molecular weight is 264 g/mol. The maximum Gasteiger partial charge on any atom is 0.136 e. The van der Waals surface area contributed by atoms with E-state index in [2.05, 4.69) is 11.9 Å². The first-order chi connectivity index (χ1) is 8.72. The highest BCUT2D eigenvalue weighted by molar-refractivity contribution is 6.34. The van der Waals surface area contributed by atoms with Crippen LogP contribution in [0.15, 0.2) is 30.5 Å². The van der Waals surface area contributed by atoms with E-state index in [0.29, 0.717) is 5.15 Å². The number of pyridine rings is 1. The Morgan fingerprint density at radius 2 is 2.11 bits per heavy atom. The van der Waals surface area contributed by atoms with Crippen LogP contribution in [0.3, 0.4) is 0 Å². The van der Waals surface area contributed by atoms with Crippen molar-refractivity contribution in [3.05, 3.63) is 41.2 Å². The van der Waals surface area contributed by atoms with Gasteiger partial charge in [-0.3, -0.25) is 0 Å². The molecule has 0 aliphatic carbocycles. The van der Waals surface area contributed by atoms with E-state index in [1.807, 2.05) is 24.3 Å². The third-order valence-electron chi connectivity index (χ3n) is 3.21. The SMILES string of the molecule is CCCCCC(O)c1ccc2ccnc(Cl)c2c1. The molecule has 1 unspecified atom stereocenters. The Labute approximate surface area is 113 Å². The Hall–Kier alpha value is -1.12. The van der Waals surface area contributed by atoms with Gasteiger partial charge < -0.3 is 5.11 Å². The van der Waals surface area contributed by atoms with Gasteiger partial charge in [-0.2, -0.15) is 0 Å². The van der Waals surface area contributed by atoms with Gasteiger partial charge in [-0.1, -0.05) is 49.9 Å². The fourth-order valence-electron chi connectivity index (χ4n) is 2.11. The lowest BCUT2D eigenvalue weighted by Gasteiger charge is -2.11. The molecule has 96 valence electrons. The third-order valence-corrected chi connectivity index (χ3v) is 3.51. The van der Waals surface area contributed by atoms with E-state index < -0.39 is 6.10 Å². The highest BCUT2D eigenvalue weighted by Gasteiger charge is 2.09. The monoisotopic (exact) mass is 263 g/mol. The summed E-state index contributed by atoms with van der Waals surface area (Å²) in [5, 5.41) is 12.6. The molecule has 0 aliphatic rings. The van der Waals surface area contributed by atoms with Crippen LogP contribution in [-0.2, 0) is 0 Å². The summed E-state index contributed by atoms with van der Waals surface area (Å²) in [6, 6.07) is 7.83. The van der Waals surface area contributed by atoms with E-state index in [-0.39, 0.29) is 0 Å². The number of unbranched alkanes of at least 4 members (excludes halogenated alkanes) is 2. The van der Waals surface area contributed by atoms with Crippen molar-refractivity contribution in [2.24, 2.45) is 0 Å². The van der Waals surface area contributed by atoms with E-state index in [1.54, 1.807) is 6.20 Å². The molecular formula is C15H18ClNO. The lowest BCUT2D eigenvalue weighted by molar-refractivity contribution is 0.164. The number of fused-ring (bicyclic) bond motifs is 1. The first kappa shape index (κ1) is 13.3. The second-order valence-corrected chi connectivity index (χ2v) is 4.95. The van der Waals surface area contributed by atoms with Gasteiger partial charge in [0.15, 0.2) is 0 Å². The van der Waals surface area contributed by atoms with Crippen molar-refractivity contribution in [3.8, 4) is 0 Å².